The Kier molecular flexibility index (Phi) is 7.40. The summed E-state index contributed by atoms with van der Waals surface area (Å²) in [5.74, 6) is -0.301. The van der Waals surface area contributed by atoms with Gasteiger partial charge in [-0.3, -0.25) is 9.59 Å². The molecule has 0 spiro atoms. The molecule has 1 heterocycles. The second kappa shape index (κ2) is 9.54. The second-order valence-corrected chi connectivity index (χ2v) is 7.10. The molecule has 0 atom stereocenters. The van der Waals surface area contributed by atoms with E-state index < -0.39 is 0 Å². The maximum atomic E-state index is 13.1. The van der Waals surface area contributed by atoms with Crippen molar-refractivity contribution in [2.24, 2.45) is 0 Å². The van der Waals surface area contributed by atoms with E-state index in [0.717, 1.165) is 60.4 Å². The number of rotatable bonds is 8. The Balaban J connectivity index is 2.47. The van der Waals surface area contributed by atoms with Gasteiger partial charge in [-0.2, -0.15) is 0 Å². The lowest BCUT2D eigenvalue weighted by atomic mass is 10.0. The summed E-state index contributed by atoms with van der Waals surface area (Å²) in [6, 6.07) is 7.59. The van der Waals surface area contributed by atoms with Crippen molar-refractivity contribution in [2.45, 2.75) is 73.3 Å². The summed E-state index contributed by atoms with van der Waals surface area (Å²) in [5.41, 5.74) is 4.76. The Morgan fingerprint density at radius 2 is 1.81 bits per heavy atom. The van der Waals surface area contributed by atoms with E-state index in [-0.39, 0.29) is 16.9 Å². The van der Waals surface area contributed by atoms with Gasteiger partial charge in [-0.25, -0.2) is 0 Å². The van der Waals surface area contributed by atoms with Crippen LogP contribution in [0.4, 0.5) is 5.69 Å². The molecular formula is C23H32N2O2. The number of carbonyl (C=O) groups is 1. The number of aryl methyl sites for hydroxylation is 3. The maximum absolute atomic E-state index is 13.1. The largest absolute Gasteiger partial charge is 0.348 e. The zero-order valence-electron chi connectivity index (χ0n) is 17.3. The third kappa shape index (κ3) is 4.68. The molecule has 0 saturated heterocycles. The monoisotopic (exact) mass is 368 g/mol. The number of amides is 1. The fourth-order valence-electron chi connectivity index (χ4n) is 3.65. The molecular weight excluding hydrogens is 336 g/mol. The highest BCUT2D eigenvalue weighted by Crippen LogP contribution is 2.22. The predicted octanol–water partition coefficient (Wildman–Crippen LogP) is 5.03. The van der Waals surface area contributed by atoms with Gasteiger partial charge >= 0.3 is 0 Å². The first-order chi connectivity index (χ1) is 12.9. The number of nitrogens with zero attached hydrogens (tertiary/aromatic N) is 1. The summed E-state index contributed by atoms with van der Waals surface area (Å²) < 4.78 is 2.14. The van der Waals surface area contributed by atoms with E-state index in [4.69, 9.17) is 0 Å². The van der Waals surface area contributed by atoms with Crippen LogP contribution in [0.1, 0.15) is 72.9 Å². The molecule has 0 aliphatic carbocycles. The average molecular weight is 369 g/mol. The molecule has 1 aromatic carbocycles. The van der Waals surface area contributed by atoms with Gasteiger partial charge in [-0.15, -0.1) is 0 Å². The van der Waals surface area contributed by atoms with Crippen LogP contribution in [0.2, 0.25) is 0 Å². The fourth-order valence-corrected chi connectivity index (χ4v) is 3.65. The fraction of sp³-hybridized carbons (Fsp3) is 0.478. The number of nitrogens with one attached hydrogen (secondary N) is 1. The van der Waals surface area contributed by atoms with Crippen molar-refractivity contribution in [3.63, 3.8) is 0 Å². The minimum absolute atomic E-state index is 0.194. The van der Waals surface area contributed by atoms with Crippen LogP contribution in [-0.4, -0.2) is 10.5 Å². The summed E-state index contributed by atoms with van der Waals surface area (Å²) in [5, 5.41) is 3.02. The molecule has 4 heteroatoms. The van der Waals surface area contributed by atoms with Crippen LogP contribution in [-0.2, 0) is 19.4 Å². The first-order valence-electron chi connectivity index (χ1n) is 10.1. The summed E-state index contributed by atoms with van der Waals surface area (Å²) in [6.45, 7) is 11.0. The number of aromatic nitrogens is 1. The average Bonchev–Trinajstić information content (AvgIpc) is 2.64. The van der Waals surface area contributed by atoms with Gasteiger partial charge in [0.1, 0.15) is 5.56 Å². The number of carbonyl (C=O) groups excluding carboxylic acids is 1. The molecule has 1 N–H and O–H groups in total. The summed E-state index contributed by atoms with van der Waals surface area (Å²) >= 11 is 0. The lowest BCUT2D eigenvalue weighted by Crippen LogP contribution is -2.28. The minimum Gasteiger partial charge on any atom is -0.348 e. The Labute approximate surface area is 162 Å². The Bertz CT molecular complexity index is 865. The van der Waals surface area contributed by atoms with E-state index in [2.05, 4.69) is 23.7 Å². The minimum atomic E-state index is -0.301. The lowest BCUT2D eigenvalue weighted by Gasteiger charge is -2.20. The lowest BCUT2D eigenvalue weighted by molar-refractivity contribution is 0.102. The third-order valence-electron chi connectivity index (χ3n) is 5.15. The summed E-state index contributed by atoms with van der Waals surface area (Å²) in [6.07, 6.45) is 4.81. The van der Waals surface area contributed by atoms with Crippen molar-refractivity contribution in [1.29, 1.82) is 0 Å². The van der Waals surface area contributed by atoms with Crippen LogP contribution < -0.4 is 10.7 Å². The predicted molar refractivity (Wildman–Crippen MR) is 113 cm³/mol. The van der Waals surface area contributed by atoms with E-state index in [1.165, 1.54) is 0 Å². The van der Waals surface area contributed by atoms with Crippen molar-refractivity contribution in [3.8, 4) is 0 Å². The van der Waals surface area contributed by atoms with Gasteiger partial charge in [0.25, 0.3) is 5.91 Å². The Morgan fingerprint density at radius 3 is 2.44 bits per heavy atom. The molecule has 4 nitrogen and oxygen atoms in total. The Hall–Kier alpha value is -2.36. The van der Waals surface area contributed by atoms with Gasteiger partial charge in [0.15, 0.2) is 5.43 Å². The third-order valence-corrected chi connectivity index (χ3v) is 5.15. The van der Waals surface area contributed by atoms with Crippen LogP contribution in [0.15, 0.2) is 29.1 Å². The summed E-state index contributed by atoms with van der Waals surface area (Å²) in [7, 11) is 0. The van der Waals surface area contributed by atoms with Crippen LogP contribution in [0.3, 0.4) is 0 Å². The number of para-hydroxylation sites is 1. The highest BCUT2D eigenvalue weighted by atomic mass is 16.2. The van der Waals surface area contributed by atoms with Crippen LogP contribution >= 0.6 is 0 Å². The number of hydrogen-bond donors (Lipinski definition) is 1. The van der Waals surface area contributed by atoms with Crippen molar-refractivity contribution >= 4 is 11.6 Å². The van der Waals surface area contributed by atoms with Crippen molar-refractivity contribution in [1.82, 2.24) is 4.57 Å². The molecule has 1 amide bonds. The van der Waals surface area contributed by atoms with Gasteiger partial charge in [-0.1, -0.05) is 51.8 Å². The smallest absolute Gasteiger partial charge is 0.261 e. The number of pyridine rings is 1. The second-order valence-electron chi connectivity index (χ2n) is 7.10. The molecule has 146 valence electrons. The molecule has 0 aliphatic rings. The van der Waals surface area contributed by atoms with Crippen LogP contribution in [0.25, 0.3) is 0 Å². The highest BCUT2D eigenvalue weighted by molar-refractivity contribution is 6.05. The maximum Gasteiger partial charge on any atom is 0.261 e. The first-order valence-corrected chi connectivity index (χ1v) is 10.1. The van der Waals surface area contributed by atoms with Gasteiger partial charge in [0.2, 0.25) is 0 Å². The summed E-state index contributed by atoms with van der Waals surface area (Å²) in [4.78, 5) is 25.8. The molecule has 2 aromatic rings. The van der Waals surface area contributed by atoms with Crippen molar-refractivity contribution in [2.75, 3.05) is 5.32 Å². The molecule has 0 unspecified atom stereocenters. The van der Waals surface area contributed by atoms with Crippen molar-refractivity contribution < 1.29 is 4.79 Å². The van der Waals surface area contributed by atoms with Crippen LogP contribution in [0, 0.1) is 13.8 Å². The van der Waals surface area contributed by atoms with E-state index in [1.54, 1.807) is 6.07 Å². The van der Waals surface area contributed by atoms with Gasteiger partial charge in [0, 0.05) is 29.7 Å². The Morgan fingerprint density at radius 1 is 1.07 bits per heavy atom. The molecule has 0 saturated carbocycles. The van der Waals surface area contributed by atoms with E-state index in [0.29, 0.717) is 6.42 Å². The molecule has 0 bridgehead atoms. The molecule has 0 radical (unpaired) electrons. The van der Waals surface area contributed by atoms with Gasteiger partial charge in [0.05, 0.1) is 0 Å². The van der Waals surface area contributed by atoms with Gasteiger partial charge < -0.3 is 9.88 Å². The van der Waals surface area contributed by atoms with E-state index >= 15 is 0 Å². The quantitative estimate of drug-likeness (QED) is 0.664. The molecule has 0 aliphatic heterocycles. The first kappa shape index (κ1) is 20.9. The zero-order valence-corrected chi connectivity index (χ0v) is 17.3. The van der Waals surface area contributed by atoms with E-state index in [1.807, 2.05) is 39.0 Å². The standard InChI is InChI=1S/C23H32N2O2/c1-6-9-10-14-25-17(5)15-20(26)21(19(25)8-3)23(27)24-22-16(4)12-11-13-18(22)7-2/h11-13,15H,6-10,14H2,1-5H3,(H,24,27). The number of benzene rings is 1. The SMILES string of the molecule is CCCCCn1c(C)cc(=O)c(C(=O)Nc2c(C)cccc2CC)c1CC. The molecule has 27 heavy (non-hydrogen) atoms. The number of anilines is 1. The number of unbranched alkanes of at least 4 members (excludes halogenated alkanes) is 2. The molecule has 0 fully saturated rings. The molecule has 1 aromatic heterocycles. The number of hydrogen-bond acceptors (Lipinski definition) is 2. The highest BCUT2D eigenvalue weighted by Gasteiger charge is 2.20. The zero-order chi connectivity index (χ0) is 20.0. The normalized spacial score (nSPS) is 10.9. The topological polar surface area (TPSA) is 51.1 Å². The van der Waals surface area contributed by atoms with E-state index in [9.17, 15) is 9.59 Å². The van der Waals surface area contributed by atoms with Gasteiger partial charge in [-0.05, 0) is 44.2 Å². The molecule has 2 rings (SSSR count). The van der Waals surface area contributed by atoms with Crippen LogP contribution in [0.5, 0.6) is 0 Å². The van der Waals surface area contributed by atoms with Crippen molar-refractivity contribution in [3.05, 3.63) is 62.6 Å².